The Morgan fingerprint density at radius 3 is 1.71 bits per heavy atom. The molecule has 2 rings (SSSR count). The number of hydrogen-bond donors (Lipinski definition) is 0. The molecule has 114 valence electrons. The van der Waals surface area contributed by atoms with Crippen LogP contribution in [0.2, 0.25) is 0 Å². The second-order valence-corrected chi connectivity index (χ2v) is 7.73. The molecule has 0 aromatic heterocycles. The Labute approximate surface area is 128 Å². The Bertz CT molecular complexity index is 555. The van der Waals surface area contributed by atoms with E-state index in [1.54, 1.807) is 6.66 Å². The molecule has 0 saturated carbocycles. The van der Waals surface area contributed by atoms with Gasteiger partial charge in [0.2, 0.25) is 7.37 Å². The molecule has 0 spiro atoms. The van der Waals surface area contributed by atoms with E-state index in [2.05, 4.69) is 39.0 Å². The van der Waals surface area contributed by atoms with E-state index in [9.17, 15) is 4.57 Å². The maximum atomic E-state index is 11.8. The third-order valence-electron chi connectivity index (χ3n) is 2.97. The van der Waals surface area contributed by atoms with Crippen LogP contribution >= 0.6 is 7.37 Å². The van der Waals surface area contributed by atoms with E-state index in [1.165, 1.54) is 16.7 Å². The highest BCUT2D eigenvalue weighted by Gasteiger charge is 2.16. The molecule has 21 heavy (non-hydrogen) atoms. The van der Waals surface area contributed by atoms with Crippen molar-refractivity contribution in [1.29, 1.82) is 0 Å². The van der Waals surface area contributed by atoms with Crippen LogP contribution in [0.15, 0.2) is 48.5 Å². The van der Waals surface area contributed by atoms with E-state index < -0.39 is 7.37 Å². The summed E-state index contributed by atoms with van der Waals surface area (Å²) in [6, 6.07) is 15.9. The van der Waals surface area contributed by atoms with E-state index in [4.69, 9.17) is 4.52 Å². The van der Waals surface area contributed by atoms with E-state index in [0.717, 1.165) is 5.30 Å². The molecule has 0 amide bonds. The van der Waals surface area contributed by atoms with Crippen molar-refractivity contribution in [3.05, 3.63) is 65.2 Å². The summed E-state index contributed by atoms with van der Waals surface area (Å²) in [6.07, 6.45) is 0. The van der Waals surface area contributed by atoms with Crippen molar-refractivity contribution >= 4 is 12.7 Å². The summed E-state index contributed by atoms with van der Waals surface area (Å²) in [7, 11) is -2.54. The summed E-state index contributed by atoms with van der Waals surface area (Å²) in [5.74, 6) is 0. The van der Waals surface area contributed by atoms with Gasteiger partial charge in [0, 0.05) is 12.0 Å². The molecule has 0 saturated heterocycles. The quantitative estimate of drug-likeness (QED) is 0.756. The van der Waals surface area contributed by atoms with Gasteiger partial charge in [-0.3, -0.25) is 4.57 Å². The summed E-state index contributed by atoms with van der Waals surface area (Å²) in [6.45, 7) is 10.4. The lowest BCUT2D eigenvalue weighted by molar-refractivity contribution is 0.345. The molecule has 0 bridgehead atoms. The van der Waals surface area contributed by atoms with Gasteiger partial charge in [0.05, 0.1) is 6.61 Å². The zero-order valence-electron chi connectivity index (χ0n) is 13.6. The average Bonchev–Trinajstić information content (AvgIpc) is 2.39. The van der Waals surface area contributed by atoms with E-state index in [1.807, 2.05) is 37.3 Å². The van der Waals surface area contributed by atoms with Gasteiger partial charge in [-0.05, 0) is 39.8 Å². The summed E-state index contributed by atoms with van der Waals surface area (Å²) in [4.78, 5) is 0. The second-order valence-electron chi connectivity index (χ2n) is 5.26. The van der Waals surface area contributed by atoms with Crippen LogP contribution in [0.4, 0.5) is 0 Å². The predicted molar refractivity (Wildman–Crippen MR) is 91.9 cm³/mol. The largest absolute Gasteiger partial charge is 0.326 e. The normalized spacial score (nSPS) is 13.0. The molecule has 2 aromatic carbocycles. The maximum Gasteiger partial charge on any atom is 0.229 e. The van der Waals surface area contributed by atoms with Crippen molar-refractivity contribution in [2.45, 2.75) is 27.7 Å². The van der Waals surface area contributed by atoms with E-state index >= 15 is 0 Å². The first-order valence-electron chi connectivity index (χ1n) is 7.17. The fourth-order valence-corrected chi connectivity index (χ4v) is 3.58. The summed E-state index contributed by atoms with van der Waals surface area (Å²) < 4.78 is 17.0. The molecule has 1 unspecified atom stereocenters. The second kappa shape index (κ2) is 8.17. The van der Waals surface area contributed by atoms with E-state index in [0.29, 0.717) is 6.61 Å². The molecule has 0 aliphatic rings. The van der Waals surface area contributed by atoms with Gasteiger partial charge in [-0.25, -0.2) is 0 Å². The van der Waals surface area contributed by atoms with Gasteiger partial charge >= 0.3 is 0 Å². The van der Waals surface area contributed by atoms with Crippen LogP contribution in [-0.4, -0.2) is 13.3 Å². The van der Waals surface area contributed by atoms with Gasteiger partial charge < -0.3 is 4.52 Å². The standard InChI is InChI=1S/C9H13O2P.C9H12/c1-3-11-12(2,10)9-7-5-4-6-8-9;1-7-4-8(2)6-9(3)5-7/h4-8H,3H2,1-2H3;4-6H,1-3H3. The van der Waals surface area contributed by atoms with Crippen LogP contribution in [0, 0.1) is 20.8 Å². The fourth-order valence-electron chi connectivity index (χ4n) is 2.22. The van der Waals surface area contributed by atoms with Gasteiger partial charge in [-0.2, -0.15) is 0 Å². The predicted octanol–water partition coefficient (Wildman–Crippen LogP) is 4.87. The first-order chi connectivity index (χ1) is 9.85. The SMILES string of the molecule is CCOP(C)(=O)c1ccccc1.Cc1cc(C)cc(C)c1. The minimum atomic E-state index is -2.54. The minimum Gasteiger partial charge on any atom is -0.326 e. The van der Waals surface area contributed by atoms with Crippen LogP contribution in [-0.2, 0) is 9.09 Å². The van der Waals surface area contributed by atoms with Gasteiger partial charge in [-0.15, -0.1) is 0 Å². The van der Waals surface area contributed by atoms with Crippen molar-refractivity contribution in [2.75, 3.05) is 13.3 Å². The third-order valence-corrected chi connectivity index (χ3v) is 4.95. The first-order valence-corrected chi connectivity index (χ1v) is 9.25. The molecule has 2 aromatic rings. The van der Waals surface area contributed by atoms with Crippen LogP contribution in [0.3, 0.4) is 0 Å². The van der Waals surface area contributed by atoms with Gasteiger partial charge in [0.15, 0.2) is 0 Å². The summed E-state index contributed by atoms with van der Waals surface area (Å²) in [5.41, 5.74) is 4.06. The van der Waals surface area contributed by atoms with Crippen LogP contribution in [0.5, 0.6) is 0 Å². The zero-order chi connectivity index (χ0) is 15.9. The maximum absolute atomic E-state index is 11.8. The van der Waals surface area contributed by atoms with Crippen molar-refractivity contribution in [1.82, 2.24) is 0 Å². The monoisotopic (exact) mass is 304 g/mol. The topological polar surface area (TPSA) is 26.3 Å². The Kier molecular flexibility index (Phi) is 6.87. The van der Waals surface area contributed by atoms with E-state index in [-0.39, 0.29) is 0 Å². The van der Waals surface area contributed by atoms with Gasteiger partial charge in [0.25, 0.3) is 0 Å². The first kappa shape index (κ1) is 17.7. The molecule has 2 nitrogen and oxygen atoms in total. The third kappa shape index (κ3) is 6.29. The number of benzene rings is 2. The molecular weight excluding hydrogens is 279 g/mol. The highest BCUT2D eigenvalue weighted by Crippen LogP contribution is 2.40. The molecular formula is C18H25O2P. The Balaban J connectivity index is 0.000000219. The Morgan fingerprint density at radius 2 is 1.33 bits per heavy atom. The summed E-state index contributed by atoms with van der Waals surface area (Å²) >= 11 is 0. The Morgan fingerprint density at radius 1 is 0.905 bits per heavy atom. The minimum absolute atomic E-state index is 0.489. The van der Waals surface area contributed by atoms with Crippen LogP contribution in [0.25, 0.3) is 0 Å². The van der Waals surface area contributed by atoms with Crippen molar-refractivity contribution < 1.29 is 9.09 Å². The number of rotatable bonds is 3. The molecule has 0 fully saturated rings. The number of hydrogen-bond acceptors (Lipinski definition) is 2. The summed E-state index contributed by atoms with van der Waals surface area (Å²) in [5, 5.41) is 0.784. The Hall–Kier alpha value is -1.37. The fraction of sp³-hybridized carbons (Fsp3) is 0.333. The van der Waals surface area contributed by atoms with Crippen molar-refractivity contribution in [3.63, 3.8) is 0 Å². The molecule has 0 heterocycles. The highest BCUT2D eigenvalue weighted by molar-refractivity contribution is 7.66. The van der Waals surface area contributed by atoms with Crippen LogP contribution < -0.4 is 5.30 Å². The number of aryl methyl sites for hydroxylation is 3. The molecule has 0 aliphatic carbocycles. The molecule has 0 radical (unpaired) electrons. The highest BCUT2D eigenvalue weighted by atomic mass is 31.2. The lowest BCUT2D eigenvalue weighted by atomic mass is 10.1. The lowest BCUT2D eigenvalue weighted by Gasteiger charge is -2.11. The average molecular weight is 304 g/mol. The zero-order valence-corrected chi connectivity index (χ0v) is 14.5. The van der Waals surface area contributed by atoms with Gasteiger partial charge in [0.1, 0.15) is 0 Å². The molecule has 0 N–H and O–H groups in total. The van der Waals surface area contributed by atoms with Crippen molar-refractivity contribution in [2.24, 2.45) is 0 Å². The molecule has 0 aliphatic heterocycles. The molecule has 1 atom stereocenters. The smallest absolute Gasteiger partial charge is 0.229 e. The van der Waals surface area contributed by atoms with Gasteiger partial charge in [-0.1, -0.05) is 53.1 Å². The van der Waals surface area contributed by atoms with Crippen LogP contribution in [0.1, 0.15) is 23.6 Å². The molecule has 3 heteroatoms. The van der Waals surface area contributed by atoms with Crippen molar-refractivity contribution in [3.8, 4) is 0 Å². The lowest BCUT2D eigenvalue weighted by Crippen LogP contribution is -2.05.